The van der Waals surface area contributed by atoms with Crippen LogP contribution in [0, 0.1) is 0 Å². The van der Waals surface area contributed by atoms with E-state index in [1.807, 2.05) is 12.1 Å². The predicted molar refractivity (Wildman–Crippen MR) is 79.1 cm³/mol. The fraction of sp³-hybridized carbons (Fsp3) is 0.588. The van der Waals surface area contributed by atoms with Crippen LogP contribution >= 0.6 is 0 Å². The van der Waals surface area contributed by atoms with Crippen molar-refractivity contribution in [3.63, 3.8) is 0 Å². The highest BCUT2D eigenvalue weighted by Crippen LogP contribution is 2.25. The van der Waals surface area contributed by atoms with Crippen LogP contribution in [0.2, 0.25) is 0 Å². The van der Waals surface area contributed by atoms with Gasteiger partial charge in [0, 0.05) is 20.0 Å². The Morgan fingerprint density at radius 3 is 2.55 bits per heavy atom. The highest BCUT2D eigenvalue weighted by molar-refractivity contribution is 5.75. The molecule has 0 radical (unpaired) electrons. The second-order valence-electron chi connectivity index (χ2n) is 5.61. The average Bonchev–Trinajstić information content (AvgIpc) is 2.47. The van der Waals surface area contributed by atoms with E-state index < -0.39 is 0 Å². The Labute approximate surface area is 121 Å². The van der Waals surface area contributed by atoms with Crippen LogP contribution in [0.4, 0.5) is 0 Å². The minimum absolute atomic E-state index is 0.234. The van der Waals surface area contributed by atoms with Crippen LogP contribution in [0.5, 0.6) is 5.75 Å². The maximum absolute atomic E-state index is 11.0. The third-order valence-electron chi connectivity index (χ3n) is 3.90. The molecule has 0 saturated heterocycles. The first-order valence-electron chi connectivity index (χ1n) is 7.45. The number of hydrogen-bond donors (Lipinski definition) is 0. The molecule has 1 aromatic rings. The number of aryl methyl sites for hydroxylation is 1. The van der Waals surface area contributed by atoms with Crippen molar-refractivity contribution in [3.8, 4) is 5.75 Å². The Morgan fingerprint density at radius 2 is 1.90 bits per heavy atom. The van der Waals surface area contributed by atoms with Gasteiger partial charge in [0.1, 0.15) is 17.6 Å². The largest absolute Gasteiger partial charge is 0.490 e. The number of benzene rings is 1. The molecule has 2 unspecified atom stereocenters. The number of methoxy groups -OCH3 is 1. The fourth-order valence-corrected chi connectivity index (χ4v) is 2.67. The van der Waals surface area contributed by atoms with Crippen LogP contribution < -0.4 is 4.74 Å². The molecule has 0 heterocycles. The van der Waals surface area contributed by atoms with Crippen LogP contribution in [0.1, 0.15) is 44.6 Å². The molecule has 3 heteroatoms. The lowest BCUT2D eigenvalue weighted by molar-refractivity contribution is -0.116. The molecule has 0 bridgehead atoms. The number of carbonyl (C=O) groups excluding carboxylic acids is 1. The van der Waals surface area contributed by atoms with Crippen molar-refractivity contribution >= 4 is 5.78 Å². The van der Waals surface area contributed by atoms with Crippen molar-refractivity contribution in [3.05, 3.63) is 29.8 Å². The summed E-state index contributed by atoms with van der Waals surface area (Å²) >= 11 is 0. The molecule has 3 nitrogen and oxygen atoms in total. The van der Waals surface area contributed by atoms with E-state index in [0.29, 0.717) is 12.5 Å². The molecule has 0 aliphatic heterocycles. The van der Waals surface area contributed by atoms with Gasteiger partial charge in [-0.2, -0.15) is 0 Å². The van der Waals surface area contributed by atoms with E-state index >= 15 is 0 Å². The summed E-state index contributed by atoms with van der Waals surface area (Å²) in [6, 6.07) is 8.11. The molecule has 1 aliphatic rings. The second kappa shape index (κ2) is 7.44. The van der Waals surface area contributed by atoms with Crippen LogP contribution in [0.25, 0.3) is 0 Å². The number of ether oxygens (including phenoxy) is 2. The molecule has 0 spiro atoms. The average molecular weight is 276 g/mol. The van der Waals surface area contributed by atoms with Crippen LogP contribution in [0.3, 0.4) is 0 Å². The first-order valence-corrected chi connectivity index (χ1v) is 7.45. The summed E-state index contributed by atoms with van der Waals surface area (Å²) in [7, 11) is 1.77. The van der Waals surface area contributed by atoms with Crippen molar-refractivity contribution in [2.45, 2.75) is 57.7 Å². The number of Topliss-reactive ketones (excluding diaryl/α,β-unsaturated/α-hetero) is 1. The molecular weight excluding hydrogens is 252 g/mol. The molecule has 0 aromatic heterocycles. The normalized spacial score (nSPS) is 22.5. The van der Waals surface area contributed by atoms with E-state index in [0.717, 1.165) is 31.4 Å². The van der Waals surface area contributed by atoms with E-state index in [9.17, 15) is 4.79 Å². The van der Waals surface area contributed by atoms with E-state index in [4.69, 9.17) is 9.47 Å². The van der Waals surface area contributed by atoms with Crippen LogP contribution in [-0.2, 0) is 16.0 Å². The van der Waals surface area contributed by atoms with Crippen LogP contribution in [0.15, 0.2) is 24.3 Å². The molecule has 20 heavy (non-hydrogen) atoms. The van der Waals surface area contributed by atoms with E-state index in [-0.39, 0.29) is 11.9 Å². The summed E-state index contributed by atoms with van der Waals surface area (Å²) in [6.45, 7) is 1.63. The predicted octanol–water partition coefficient (Wildman–Crippen LogP) is 3.54. The Kier molecular flexibility index (Phi) is 5.60. The van der Waals surface area contributed by atoms with E-state index in [1.54, 1.807) is 14.0 Å². The first-order chi connectivity index (χ1) is 9.67. The van der Waals surface area contributed by atoms with Gasteiger partial charge in [0.2, 0.25) is 0 Å². The van der Waals surface area contributed by atoms with Crippen molar-refractivity contribution in [2.24, 2.45) is 0 Å². The van der Waals surface area contributed by atoms with E-state index in [2.05, 4.69) is 12.1 Å². The third kappa shape index (κ3) is 4.64. The van der Waals surface area contributed by atoms with Gasteiger partial charge in [-0.3, -0.25) is 0 Å². The zero-order valence-electron chi connectivity index (χ0n) is 12.4. The van der Waals surface area contributed by atoms with Crippen molar-refractivity contribution < 1.29 is 14.3 Å². The fourth-order valence-electron chi connectivity index (χ4n) is 2.67. The van der Waals surface area contributed by atoms with Crippen molar-refractivity contribution in [1.29, 1.82) is 0 Å². The van der Waals surface area contributed by atoms with Gasteiger partial charge in [0.15, 0.2) is 0 Å². The molecule has 0 N–H and O–H groups in total. The second-order valence-corrected chi connectivity index (χ2v) is 5.61. The van der Waals surface area contributed by atoms with Gasteiger partial charge in [-0.25, -0.2) is 0 Å². The van der Waals surface area contributed by atoms with E-state index in [1.165, 1.54) is 12.0 Å². The standard InChI is InChI=1S/C17H24O3/c1-13(18)6-7-14-8-10-15(11-9-14)20-17-5-3-4-16(12-17)19-2/h8-11,16-17H,3-7,12H2,1-2H3. The SMILES string of the molecule is COC1CCCC(Oc2ccc(CCC(C)=O)cc2)C1. The first kappa shape index (κ1) is 15.0. The van der Waals surface area contributed by atoms with Gasteiger partial charge in [-0.05, 0) is 50.3 Å². The molecule has 0 amide bonds. The minimum atomic E-state index is 0.234. The van der Waals surface area contributed by atoms with Gasteiger partial charge < -0.3 is 14.3 Å². The lowest BCUT2D eigenvalue weighted by Gasteiger charge is -2.28. The Balaban J connectivity index is 1.85. The summed E-state index contributed by atoms with van der Waals surface area (Å²) in [6.07, 6.45) is 6.40. The molecule has 1 saturated carbocycles. The van der Waals surface area contributed by atoms with Gasteiger partial charge in [0.05, 0.1) is 6.10 Å². The highest BCUT2D eigenvalue weighted by Gasteiger charge is 2.22. The monoisotopic (exact) mass is 276 g/mol. The highest BCUT2D eigenvalue weighted by atomic mass is 16.5. The number of hydrogen-bond acceptors (Lipinski definition) is 3. The quantitative estimate of drug-likeness (QED) is 0.797. The van der Waals surface area contributed by atoms with Gasteiger partial charge in [0.25, 0.3) is 0 Å². The zero-order valence-corrected chi connectivity index (χ0v) is 12.4. The maximum Gasteiger partial charge on any atom is 0.130 e. The van der Waals surface area contributed by atoms with Gasteiger partial charge in [-0.1, -0.05) is 12.1 Å². The molecule has 2 rings (SSSR count). The number of carbonyl (C=O) groups is 1. The lowest BCUT2D eigenvalue weighted by Crippen LogP contribution is -2.29. The number of rotatable bonds is 6. The third-order valence-corrected chi connectivity index (χ3v) is 3.90. The molecule has 1 aromatic carbocycles. The summed E-state index contributed by atoms with van der Waals surface area (Å²) in [4.78, 5) is 11.0. The summed E-state index contributed by atoms with van der Waals surface area (Å²) in [5, 5.41) is 0. The van der Waals surface area contributed by atoms with Crippen molar-refractivity contribution in [1.82, 2.24) is 0 Å². The Morgan fingerprint density at radius 1 is 1.20 bits per heavy atom. The number of ketones is 1. The summed E-state index contributed by atoms with van der Waals surface area (Å²) in [5.41, 5.74) is 1.19. The van der Waals surface area contributed by atoms with Crippen molar-refractivity contribution in [2.75, 3.05) is 7.11 Å². The van der Waals surface area contributed by atoms with Crippen LogP contribution in [-0.4, -0.2) is 25.1 Å². The lowest BCUT2D eigenvalue weighted by atomic mass is 9.95. The summed E-state index contributed by atoms with van der Waals surface area (Å²) in [5.74, 6) is 1.15. The summed E-state index contributed by atoms with van der Waals surface area (Å²) < 4.78 is 11.4. The molecule has 1 aliphatic carbocycles. The molecule has 1 fully saturated rings. The maximum atomic E-state index is 11.0. The minimum Gasteiger partial charge on any atom is -0.490 e. The zero-order chi connectivity index (χ0) is 14.4. The van der Waals surface area contributed by atoms with Gasteiger partial charge >= 0.3 is 0 Å². The molecule has 2 atom stereocenters. The molecule has 110 valence electrons. The smallest absolute Gasteiger partial charge is 0.130 e. The molecular formula is C17H24O3. The van der Waals surface area contributed by atoms with Gasteiger partial charge in [-0.15, -0.1) is 0 Å². The topological polar surface area (TPSA) is 35.5 Å². The Bertz CT molecular complexity index is 424. The Hall–Kier alpha value is -1.35.